The largest absolute Gasteiger partial charge is 0.497 e. The third kappa shape index (κ3) is 2.77. The Kier molecular flexibility index (Phi) is 4.13. The van der Waals surface area contributed by atoms with Gasteiger partial charge in [-0.05, 0) is 40.6 Å². The van der Waals surface area contributed by atoms with E-state index < -0.39 is 0 Å². The Labute approximate surface area is 166 Å². The van der Waals surface area contributed by atoms with Crippen LogP contribution in [0.1, 0.15) is 22.0 Å². The molecule has 0 saturated carbocycles. The lowest BCUT2D eigenvalue weighted by atomic mass is 10.00. The van der Waals surface area contributed by atoms with Gasteiger partial charge in [-0.15, -0.1) is 10.2 Å². The van der Waals surface area contributed by atoms with Crippen LogP contribution in [-0.2, 0) is 0 Å². The predicted molar refractivity (Wildman–Crippen MR) is 110 cm³/mol. The number of benzene rings is 3. The number of fused-ring (bicyclic) bond motifs is 2. The minimum atomic E-state index is 0.0162. The van der Waals surface area contributed by atoms with E-state index in [4.69, 9.17) is 4.74 Å². The molecule has 0 spiro atoms. The van der Waals surface area contributed by atoms with Crippen molar-refractivity contribution in [3.05, 3.63) is 72.3 Å². The second-order valence-electron chi connectivity index (χ2n) is 6.64. The molecule has 0 fully saturated rings. The van der Waals surface area contributed by atoms with E-state index in [1.54, 1.807) is 23.4 Å². The highest BCUT2D eigenvalue weighted by Gasteiger charge is 2.32. The second-order valence-corrected chi connectivity index (χ2v) is 7.81. The number of ether oxygens (including phenoxy) is 1. The molecule has 4 aromatic rings. The molecule has 1 aliphatic rings. The van der Waals surface area contributed by atoms with Gasteiger partial charge in [-0.3, -0.25) is 4.79 Å². The Bertz CT molecular complexity index is 1180. The van der Waals surface area contributed by atoms with Crippen LogP contribution in [0, 0.1) is 0 Å². The van der Waals surface area contributed by atoms with Crippen LogP contribution in [0.3, 0.4) is 0 Å². The third-order valence-electron chi connectivity index (χ3n) is 5.01. The fourth-order valence-electron chi connectivity index (χ4n) is 3.62. The Balaban J connectivity index is 1.53. The molecule has 5 nitrogen and oxygen atoms in total. The molecular weight excluding hydrogens is 370 g/mol. The maximum absolute atomic E-state index is 13.0. The maximum Gasteiger partial charge on any atom is 0.235 e. The van der Waals surface area contributed by atoms with Gasteiger partial charge in [0.2, 0.25) is 5.91 Å². The van der Waals surface area contributed by atoms with E-state index >= 15 is 0 Å². The van der Waals surface area contributed by atoms with Gasteiger partial charge in [0.05, 0.1) is 7.11 Å². The molecule has 0 saturated heterocycles. The zero-order chi connectivity index (χ0) is 19.1. The van der Waals surface area contributed by atoms with Crippen molar-refractivity contribution in [3.8, 4) is 17.1 Å². The van der Waals surface area contributed by atoms with Gasteiger partial charge in [0.1, 0.15) is 5.75 Å². The summed E-state index contributed by atoms with van der Waals surface area (Å²) >= 11 is 1.60. The summed E-state index contributed by atoms with van der Waals surface area (Å²) in [7, 11) is 1.63. The maximum atomic E-state index is 13.0. The summed E-state index contributed by atoms with van der Waals surface area (Å²) in [5.74, 6) is 1.35. The number of hydrogen-bond donors (Lipinski definition) is 0. The topological polar surface area (TPSA) is 57.0 Å². The number of aromatic nitrogens is 3. The molecule has 5 rings (SSSR count). The highest BCUT2D eigenvalue weighted by Crippen LogP contribution is 2.44. The standard InChI is InChI=1S/C22H17N3O2S/c1-27-16-11-9-15(10-12-16)21-23-24-22-25(21)20(26)13-19(28-22)18-8-4-6-14-5-2-3-7-17(14)18/h2-12,19H,13H2,1H3/t19-/m1/s1. The van der Waals surface area contributed by atoms with Gasteiger partial charge in [-0.2, -0.15) is 0 Å². The van der Waals surface area contributed by atoms with E-state index in [1.807, 2.05) is 42.5 Å². The van der Waals surface area contributed by atoms with Gasteiger partial charge in [0.15, 0.2) is 11.0 Å². The van der Waals surface area contributed by atoms with E-state index in [0.717, 1.165) is 16.9 Å². The molecule has 0 bridgehead atoms. The first-order valence-corrected chi connectivity index (χ1v) is 9.90. The van der Waals surface area contributed by atoms with Gasteiger partial charge in [-0.25, -0.2) is 4.57 Å². The number of nitrogens with zero attached hydrogens (tertiary/aromatic N) is 3. The molecule has 2 heterocycles. The van der Waals surface area contributed by atoms with Crippen molar-refractivity contribution in [2.24, 2.45) is 0 Å². The van der Waals surface area contributed by atoms with E-state index in [-0.39, 0.29) is 11.2 Å². The molecule has 138 valence electrons. The number of thioether (sulfide) groups is 1. The quantitative estimate of drug-likeness (QED) is 0.496. The normalized spacial score (nSPS) is 16.2. The molecule has 0 amide bonds. The summed E-state index contributed by atoms with van der Waals surface area (Å²) in [6, 6.07) is 22.0. The SMILES string of the molecule is COc1ccc(-c2nnc3n2C(=O)C[C@H](c2cccc4ccccc24)S3)cc1. The van der Waals surface area contributed by atoms with Crippen LogP contribution in [0.15, 0.2) is 71.9 Å². The van der Waals surface area contributed by atoms with Crippen molar-refractivity contribution >= 4 is 28.4 Å². The first kappa shape index (κ1) is 17.0. The average Bonchev–Trinajstić information content (AvgIpc) is 3.18. The van der Waals surface area contributed by atoms with Gasteiger partial charge in [0.25, 0.3) is 0 Å². The number of carbonyl (C=O) groups excluding carboxylic acids is 1. The fourth-order valence-corrected chi connectivity index (χ4v) is 4.82. The molecule has 0 unspecified atom stereocenters. The van der Waals surface area contributed by atoms with Gasteiger partial charge < -0.3 is 4.74 Å². The summed E-state index contributed by atoms with van der Waals surface area (Å²) in [6.45, 7) is 0. The Morgan fingerprint density at radius 3 is 2.61 bits per heavy atom. The molecule has 0 N–H and O–H groups in total. The molecule has 3 aromatic carbocycles. The minimum absolute atomic E-state index is 0.0162. The Morgan fingerprint density at radius 2 is 1.79 bits per heavy atom. The summed E-state index contributed by atoms with van der Waals surface area (Å²) in [5, 5.41) is 11.6. The first-order valence-electron chi connectivity index (χ1n) is 9.02. The number of carbonyl (C=O) groups is 1. The van der Waals surface area contributed by atoms with Crippen molar-refractivity contribution in [3.63, 3.8) is 0 Å². The van der Waals surface area contributed by atoms with Crippen LogP contribution in [0.2, 0.25) is 0 Å². The summed E-state index contributed by atoms with van der Waals surface area (Å²) in [4.78, 5) is 13.0. The fraction of sp³-hybridized carbons (Fsp3) is 0.136. The summed E-state index contributed by atoms with van der Waals surface area (Å²) in [6.07, 6.45) is 0.410. The molecular formula is C22H17N3O2S. The number of hydrogen-bond acceptors (Lipinski definition) is 5. The molecule has 1 atom stereocenters. The third-order valence-corrected chi connectivity index (χ3v) is 6.19. The van der Waals surface area contributed by atoms with E-state index in [9.17, 15) is 4.79 Å². The summed E-state index contributed by atoms with van der Waals surface area (Å²) in [5.41, 5.74) is 2.01. The highest BCUT2D eigenvalue weighted by atomic mass is 32.2. The Hall–Kier alpha value is -3.12. The van der Waals surface area contributed by atoms with E-state index in [2.05, 4.69) is 34.5 Å². The van der Waals surface area contributed by atoms with Crippen molar-refractivity contribution in [2.75, 3.05) is 7.11 Å². The summed E-state index contributed by atoms with van der Waals surface area (Å²) < 4.78 is 6.84. The van der Waals surface area contributed by atoms with Crippen LogP contribution in [0.25, 0.3) is 22.2 Å². The molecule has 1 aromatic heterocycles. The van der Waals surface area contributed by atoms with E-state index in [1.165, 1.54) is 10.8 Å². The minimum Gasteiger partial charge on any atom is -0.497 e. The molecule has 0 aliphatic carbocycles. The lowest BCUT2D eigenvalue weighted by Crippen LogP contribution is -2.20. The van der Waals surface area contributed by atoms with Crippen molar-refractivity contribution in [1.29, 1.82) is 0 Å². The lowest BCUT2D eigenvalue weighted by molar-refractivity contribution is 0.0888. The van der Waals surface area contributed by atoms with Gasteiger partial charge in [0, 0.05) is 17.2 Å². The predicted octanol–water partition coefficient (Wildman–Crippen LogP) is 4.98. The first-order chi connectivity index (χ1) is 13.7. The van der Waals surface area contributed by atoms with Crippen molar-refractivity contribution < 1.29 is 9.53 Å². The van der Waals surface area contributed by atoms with Crippen molar-refractivity contribution in [1.82, 2.24) is 14.8 Å². The van der Waals surface area contributed by atoms with Gasteiger partial charge in [-0.1, -0.05) is 54.2 Å². The Morgan fingerprint density at radius 1 is 1.00 bits per heavy atom. The van der Waals surface area contributed by atoms with Crippen LogP contribution in [0.4, 0.5) is 0 Å². The lowest BCUT2D eigenvalue weighted by Gasteiger charge is -2.23. The zero-order valence-corrected chi connectivity index (χ0v) is 16.0. The second kappa shape index (κ2) is 6.80. The van der Waals surface area contributed by atoms with E-state index in [0.29, 0.717) is 17.4 Å². The van der Waals surface area contributed by atoms with Crippen LogP contribution in [0.5, 0.6) is 5.75 Å². The highest BCUT2D eigenvalue weighted by molar-refractivity contribution is 7.99. The smallest absolute Gasteiger partial charge is 0.235 e. The molecule has 6 heteroatoms. The van der Waals surface area contributed by atoms with Crippen LogP contribution < -0.4 is 4.74 Å². The number of rotatable bonds is 3. The average molecular weight is 387 g/mol. The zero-order valence-electron chi connectivity index (χ0n) is 15.2. The monoisotopic (exact) mass is 387 g/mol. The van der Waals surface area contributed by atoms with Crippen LogP contribution >= 0.6 is 11.8 Å². The van der Waals surface area contributed by atoms with Gasteiger partial charge >= 0.3 is 0 Å². The molecule has 0 radical (unpaired) electrons. The molecule has 1 aliphatic heterocycles. The number of methoxy groups -OCH3 is 1. The molecule has 28 heavy (non-hydrogen) atoms. The van der Waals surface area contributed by atoms with Crippen molar-refractivity contribution in [2.45, 2.75) is 16.8 Å². The van der Waals surface area contributed by atoms with Crippen LogP contribution in [-0.4, -0.2) is 27.8 Å².